The number of carbonyl (C=O) groups excluding carboxylic acids is 1. The first-order valence-corrected chi connectivity index (χ1v) is 12.0. The molecule has 1 aliphatic heterocycles. The maximum atomic E-state index is 12.9. The molecule has 1 saturated heterocycles. The Kier molecular flexibility index (Phi) is 6.81. The summed E-state index contributed by atoms with van der Waals surface area (Å²) in [6.07, 6.45) is 0. The molecular formula is C26H23Cl2N5O2. The number of hydrogen-bond acceptors (Lipinski definition) is 6. The second kappa shape index (κ2) is 10.2. The van der Waals surface area contributed by atoms with Crippen LogP contribution in [0.15, 0.2) is 65.2 Å². The van der Waals surface area contributed by atoms with Gasteiger partial charge in [-0.1, -0.05) is 52.6 Å². The van der Waals surface area contributed by atoms with Gasteiger partial charge in [-0.3, -0.25) is 9.69 Å². The normalized spacial score (nSPS) is 14.3. The standard InChI is InChI=1S/C26H23Cl2N5O2/c1-17-12-21(15-23(28)29-17)26(34)33-10-8-32(9-11-33)16-18-4-2-5-19(13-18)24-30-25(35-31-24)20-6-3-7-22(27)14-20/h2-7,12-15H,8-11,16H2,1H3. The fourth-order valence-electron chi connectivity index (χ4n) is 4.19. The molecule has 0 spiro atoms. The van der Waals surface area contributed by atoms with E-state index in [0.717, 1.165) is 42.0 Å². The highest BCUT2D eigenvalue weighted by molar-refractivity contribution is 6.30. The van der Waals surface area contributed by atoms with Crippen LogP contribution in [0.1, 0.15) is 21.6 Å². The molecule has 0 aliphatic carbocycles. The number of piperazine rings is 1. The van der Waals surface area contributed by atoms with Crippen LogP contribution in [-0.4, -0.2) is 57.0 Å². The Hall–Kier alpha value is -3.26. The van der Waals surface area contributed by atoms with Crippen LogP contribution in [0.3, 0.4) is 0 Å². The van der Waals surface area contributed by atoms with Gasteiger partial charge in [-0.2, -0.15) is 4.98 Å². The summed E-state index contributed by atoms with van der Waals surface area (Å²) in [5.41, 5.74) is 4.14. The average Bonchev–Trinajstić information content (AvgIpc) is 3.34. The predicted molar refractivity (Wildman–Crippen MR) is 135 cm³/mol. The van der Waals surface area contributed by atoms with Crippen molar-refractivity contribution in [3.05, 3.63) is 87.7 Å². The van der Waals surface area contributed by atoms with E-state index in [1.807, 2.05) is 36.1 Å². The zero-order chi connectivity index (χ0) is 24.4. The number of carbonyl (C=O) groups is 1. The molecule has 4 aromatic rings. The molecule has 9 heteroatoms. The number of nitrogens with zero attached hydrogens (tertiary/aromatic N) is 5. The minimum Gasteiger partial charge on any atom is -0.336 e. The number of hydrogen-bond donors (Lipinski definition) is 0. The fraction of sp³-hybridized carbons (Fsp3) is 0.231. The summed E-state index contributed by atoms with van der Waals surface area (Å²) >= 11 is 12.1. The minimum absolute atomic E-state index is 0.00772. The van der Waals surface area contributed by atoms with Gasteiger partial charge in [0.1, 0.15) is 5.15 Å². The first-order chi connectivity index (χ1) is 16.9. The van der Waals surface area contributed by atoms with Crippen LogP contribution in [-0.2, 0) is 6.54 Å². The van der Waals surface area contributed by atoms with E-state index in [9.17, 15) is 4.79 Å². The molecule has 3 heterocycles. The number of aromatic nitrogens is 3. The van der Waals surface area contributed by atoms with Crippen molar-refractivity contribution in [1.29, 1.82) is 0 Å². The van der Waals surface area contributed by atoms with Crippen molar-refractivity contribution in [3.63, 3.8) is 0 Å². The third-order valence-electron chi connectivity index (χ3n) is 5.92. The first kappa shape index (κ1) is 23.5. The molecule has 2 aromatic heterocycles. The highest BCUT2D eigenvalue weighted by Crippen LogP contribution is 2.25. The van der Waals surface area contributed by atoms with E-state index in [1.165, 1.54) is 0 Å². The number of pyridine rings is 1. The third kappa shape index (κ3) is 5.53. The molecule has 178 valence electrons. The van der Waals surface area contributed by atoms with Gasteiger partial charge in [0.25, 0.3) is 11.8 Å². The molecule has 7 nitrogen and oxygen atoms in total. The van der Waals surface area contributed by atoms with Crippen molar-refractivity contribution < 1.29 is 9.32 Å². The van der Waals surface area contributed by atoms with Crippen molar-refractivity contribution in [1.82, 2.24) is 24.9 Å². The van der Waals surface area contributed by atoms with Gasteiger partial charge in [0, 0.05) is 60.1 Å². The quantitative estimate of drug-likeness (QED) is 0.338. The summed E-state index contributed by atoms with van der Waals surface area (Å²) in [5.74, 6) is 0.953. The average molecular weight is 508 g/mol. The highest BCUT2D eigenvalue weighted by Gasteiger charge is 2.23. The monoisotopic (exact) mass is 507 g/mol. The number of halogens is 2. The topological polar surface area (TPSA) is 75.4 Å². The SMILES string of the molecule is Cc1cc(C(=O)N2CCN(Cc3cccc(-c4noc(-c5cccc(Cl)c5)n4)c3)CC2)cc(Cl)n1. The van der Waals surface area contributed by atoms with Crippen LogP contribution in [0.2, 0.25) is 10.2 Å². The van der Waals surface area contributed by atoms with Gasteiger partial charge in [-0.05, 0) is 48.9 Å². The molecule has 1 fully saturated rings. The molecule has 0 bridgehead atoms. The van der Waals surface area contributed by atoms with E-state index in [-0.39, 0.29) is 5.91 Å². The van der Waals surface area contributed by atoms with Crippen LogP contribution in [0.25, 0.3) is 22.8 Å². The van der Waals surface area contributed by atoms with Gasteiger partial charge in [0.05, 0.1) is 0 Å². The predicted octanol–water partition coefficient (Wildman–Crippen LogP) is 5.37. The van der Waals surface area contributed by atoms with E-state index in [1.54, 1.807) is 24.3 Å². The molecule has 0 unspecified atom stereocenters. The maximum Gasteiger partial charge on any atom is 0.258 e. The van der Waals surface area contributed by atoms with E-state index in [2.05, 4.69) is 32.2 Å². The maximum absolute atomic E-state index is 12.9. The van der Waals surface area contributed by atoms with Crippen molar-refractivity contribution >= 4 is 29.1 Å². The van der Waals surface area contributed by atoms with Crippen molar-refractivity contribution in [2.24, 2.45) is 0 Å². The van der Waals surface area contributed by atoms with Gasteiger partial charge in [-0.25, -0.2) is 4.98 Å². The number of amides is 1. The molecule has 2 aromatic carbocycles. The van der Waals surface area contributed by atoms with Crippen LogP contribution >= 0.6 is 23.2 Å². The minimum atomic E-state index is -0.00772. The highest BCUT2D eigenvalue weighted by atomic mass is 35.5. The van der Waals surface area contributed by atoms with Crippen molar-refractivity contribution in [3.8, 4) is 22.8 Å². The van der Waals surface area contributed by atoms with Gasteiger partial charge in [-0.15, -0.1) is 0 Å². The molecule has 0 atom stereocenters. The lowest BCUT2D eigenvalue weighted by Crippen LogP contribution is -2.48. The Morgan fingerprint density at radius 2 is 1.71 bits per heavy atom. The zero-order valence-electron chi connectivity index (χ0n) is 19.1. The molecular weight excluding hydrogens is 485 g/mol. The van der Waals surface area contributed by atoms with Crippen molar-refractivity contribution in [2.45, 2.75) is 13.5 Å². The number of aryl methyl sites for hydroxylation is 1. The Morgan fingerprint density at radius 1 is 0.943 bits per heavy atom. The summed E-state index contributed by atoms with van der Waals surface area (Å²) < 4.78 is 5.46. The number of rotatable bonds is 5. The zero-order valence-corrected chi connectivity index (χ0v) is 20.6. The summed E-state index contributed by atoms with van der Waals surface area (Å²) in [5, 5.41) is 5.11. The molecule has 0 N–H and O–H groups in total. The van der Waals surface area contributed by atoms with Crippen LogP contribution in [0.4, 0.5) is 0 Å². The fourth-order valence-corrected chi connectivity index (χ4v) is 4.63. The van der Waals surface area contributed by atoms with E-state index in [4.69, 9.17) is 27.7 Å². The molecule has 0 radical (unpaired) electrons. The summed E-state index contributed by atoms with van der Waals surface area (Å²) in [4.78, 5) is 25.8. The van der Waals surface area contributed by atoms with E-state index < -0.39 is 0 Å². The molecule has 5 rings (SSSR count). The molecule has 0 saturated carbocycles. The second-order valence-corrected chi connectivity index (χ2v) is 9.35. The largest absolute Gasteiger partial charge is 0.336 e. The van der Waals surface area contributed by atoms with Gasteiger partial charge < -0.3 is 9.42 Å². The van der Waals surface area contributed by atoms with Crippen molar-refractivity contribution in [2.75, 3.05) is 26.2 Å². The smallest absolute Gasteiger partial charge is 0.258 e. The van der Waals surface area contributed by atoms with E-state index in [0.29, 0.717) is 40.5 Å². The molecule has 35 heavy (non-hydrogen) atoms. The first-order valence-electron chi connectivity index (χ1n) is 11.3. The van der Waals surface area contributed by atoms with Crippen LogP contribution in [0.5, 0.6) is 0 Å². The van der Waals surface area contributed by atoms with E-state index >= 15 is 0 Å². The summed E-state index contributed by atoms with van der Waals surface area (Å²) in [6.45, 7) is 5.50. The van der Waals surface area contributed by atoms with Crippen LogP contribution < -0.4 is 0 Å². The molecule has 1 aliphatic rings. The summed E-state index contributed by atoms with van der Waals surface area (Å²) in [7, 11) is 0. The Labute approximate surface area is 213 Å². The molecule has 1 amide bonds. The third-order valence-corrected chi connectivity index (χ3v) is 6.35. The summed E-state index contributed by atoms with van der Waals surface area (Å²) in [6, 6.07) is 18.9. The van der Waals surface area contributed by atoms with Gasteiger partial charge in [0.2, 0.25) is 5.82 Å². The van der Waals surface area contributed by atoms with Crippen LogP contribution in [0, 0.1) is 6.92 Å². The Bertz CT molecular complexity index is 1350. The van der Waals surface area contributed by atoms with Gasteiger partial charge >= 0.3 is 0 Å². The Balaban J connectivity index is 1.22. The lowest BCUT2D eigenvalue weighted by Gasteiger charge is -2.35. The van der Waals surface area contributed by atoms with Gasteiger partial charge in [0.15, 0.2) is 0 Å². The second-order valence-electron chi connectivity index (χ2n) is 8.52. The lowest BCUT2D eigenvalue weighted by molar-refractivity contribution is 0.0628. The Morgan fingerprint density at radius 3 is 2.49 bits per heavy atom. The number of benzene rings is 2. The lowest BCUT2D eigenvalue weighted by atomic mass is 10.1.